The topological polar surface area (TPSA) is 42.0 Å². The summed E-state index contributed by atoms with van der Waals surface area (Å²) in [6.45, 7) is 3.52. The summed E-state index contributed by atoms with van der Waals surface area (Å²) in [5.41, 5.74) is 1.09. The second-order valence-corrected chi connectivity index (χ2v) is 4.50. The van der Waals surface area contributed by atoms with Crippen molar-refractivity contribution in [1.82, 2.24) is 0 Å². The van der Waals surface area contributed by atoms with Gasteiger partial charge in [-0.05, 0) is 18.2 Å². The molecule has 2 fully saturated rings. The van der Waals surface area contributed by atoms with Crippen molar-refractivity contribution in [3.63, 3.8) is 0 Å². The van der Waals surface area contributed by atoms with Crippen LogP contribution in [0.3, 0.4) is 0 Å². The Bertz CT molecular complexity index is 489. The molecule has 5 nitrogen and oxygen atoms in total. The first-order valence-corrected chi connectivity index (χ1v) is 6.32. The molecule has 1 aromatic carbocycles. The number of anilines is 2. The molecule has 0 radical (unpaired) electrons. The Morgan fingerprint density at radius 1 is 1.11 bits per heavy atom. The third kappa shape index (κ3) is 2.35. The Labute approximate surface area is 110 Å². The standard InChI is InChI=1S/C13H15FN2O3/c14-11-9-10(15-3-6-18-7-4-15)1-2-12(11)16-5-8-19-13(16)17/h1-2,9H,3-8H2. The normalized spacial score (nSPS) is 19.7. The minimum Gasteiger partial charge on any atom is -0.447 e. The van der Waals surface area contributed by atoms with Gasteiger partial charge in [0.2, 0.25) is 0 Å². The van der Waals surface area contributed by atoms with Crippen molar-refractivity contribution in [1.29, 1.82) is 0 Å². The summed E-state index contributed by atoms with van der Waals surface area (Å²) in [6, 6.07) is 4.92. The van der Waals surface area contributed by atoms with Crippen molar-refractivity contribution < 1.29 is 18.7 Å². The molecule has 2 aliphatic rings. The van der Waals surface area contributed by atoms with Crippen LogP contribution in [-0.2, 0) is 9.47 Å². The van der Waals surface area contributed by atoms with Gasteiger partial charge in [-0.1, -0.05) is 0 Å². The molecule has 0 aromatic heterocycles. The number of hydrogen-bond acceptors (Lipinski definition) is 4. The van der Waals surface area contributed by atoms with Gasteiger partial charge in [0.1, 0.15) is 12.4 Å². The number of morpholine rings is 1. The molecule has 1 amide bonds. The van der Waals surface area contributed by atoms with Crippen molar-refractivity contribution in [3.8, 4) is 0 Å². The van der Waals surface area contributed by atoms with Crippen LogP contribution in [-0.4, -0.2) is 45.5 Å². The van der Waals surface area contributed by atoms with Crippen LogP contribution in [0.15, 0.2) is 18.2 Å². The van der Waals surface area contributed by atoms with Gasteiger partial charge in [-0.3, -0.25) is 4.90 Å². The number of halogens is 1. The predicted octanol–water partition coefficient (Wildman–Crippen LogP) is 1.62. The number of carbonyl (C=O) groups is 1. The predicted molar refractivity (Wildman–Crippen MR) is 68.1 cm³/mol. The lowest BCUT2D eigenvalue weighted by molar-refractivity contribution is 0.122. The van der Waals surface area contributed by atoms with E-state index in [-0.39, 0.29) is 5.69 Å². The first-order valence-electron chi connectivity index (χ1n) is 6.32. The highest BCUT2D eigenvalue weighted by atomic mass is 19.1. The van der Waals surface area contributed by atoms with Gasteiger partial charge in [0.25, 0.3) is 0 Å². The lowest BCUT2D eigenvalue weighted by Gasteiger charge is -2.29. The maximum atomic E-state index is 14.1. The van der Waals surface area contributed by atoms with Gasteiger partial charge in [0.15, 0.2) is 0 Å². The summed E-state index contributed by atoms with van der Waals surface area (Å²) in [4.78, 5) is 14.8. The van der Waals surface area contributed by atoms with Crippen LogP contribution in [0.5, 0.6) is 0 Å². The van der Waals surface area contributed by atoms with Gasteiger partial charge in [-0.2, -0.15) is 0 Å². The van der Waals surface area contributed by atoms with E-state index >= 15 is 0 Å². The Morgan fingerprint density at radius 3 is 2.53 bits per heavy atom. The molecule has 2 aliphatic heterocycles. The number of nitrogens with zero attached hydrogens (tertiary/aromatic N) is 2. The van der Waals surface area contributed by atoms with Gasteiger partial charge < -0.3 is 14.4 Å². The smallest absolute Gasteiger partial charge is 0.414 e. The molecular weight excluding hydrogens is 251 g/mol. The third-order valence-electron chi connectivity index (χ3n) is 3.36. The van der Waals surface area contributed by atoms with Crippen molar-refractivity contribution in [2.45, 2.75) is 0 Å². The molecule has 0 saturated carbocycles. The molecule has 19 heavy (non-hydrogen) atoms. The Hall–Kier alpha value is -1.82. The molecule has 0 aliphatic carbocycles. The number of benzene rings is 1. The van der Waals surface area contributed by atoms with E-state index < -0.39 is 11.9 Å². The Balaban J connectivity index is 1.83. The first kappa shape index (κ1) is 12.2. The van der Waals surface area contributed by atoms with Crippen LogP contribution in [0.25, 0.3) is 0 Å². The van der Waals surface area contributed by atoms with Gasteiger partial charge in [0.05, 0.1) is 25.4 Å². The molecule has 102 valence electrons. The summed E-state index contributed by atoms with van der Waals surface area (Å²) in [5.74, 6) is -0.400. The Kier molecular flexibility index (Phi) is 3.25. The van der Waals surface area contributed by atoms with Gasteiger partial charge in [-0.25, -0.2) is 9.18 Å². The minimum absolute atomic E-state index is 0.277. The number of ether oxygens (including phenoxy) is 2. The SMILES string of the molecule is O=C1OCCN1c1ccc(N2CCOCC2)cc1F. The Morgan fingerprint density at radius 2 is 1.89 bits per heavy atom. The summed E-state index contributed by atoms with van der Waals surface area (Å²) < 4.78 is 24.2. The van der Waals surface area contributed by atoms with Crippen LogP contribution in [0.1, 0.15) is 0 Å². The van der Waals surface area contributed by atoms with Crippen molar-refractivity contribution in [2.75, 3.05) is 49.3 Å². The van der Waals surface area contributed by atoms with E-state index in [2.05, 4.69) is 4.90 Å². The highest BCUT2D eigenvalue weighted by Crippen LogP contribution is 2.27. The van der Waals surface area contributed by atoms with E-state index in [9.17, 15) is 9.18 Å². The summed E-state index contributed by atoms with van der Waals surface area (Å²) in [6.07, 6.45) is -0.488. The van der Waals surface area contributed by atoms with Gasteiger partial charge >= 0.3 is 6.09 Å². The summed E-state index contributed by atoms with van der Waals surface area (Å²) in [7, 11) is 0. The second-order valence-electron chi connectivity index (χ2n) is 4.50. The van der Waals surface area contributed by atoms with Gasteiger partial charge in [0, 0.05) is 18.8 Å². The monoisotopic (exact) mass is 266 g/mol. The van der Waals surface area contributed by atoms with Crippen molar-refractivity contribution in [2.24, 2.45) is 0 Å². The van der Waals surface area contributed by atoms with Crippen LogP contribution in [0.4, 0.5) is 20.6 Å². The van der Waals surface area contributed by atoms with Crippen molar-refractivity contribution >= 4 is 17.5 Å². The number of amides is 1. The van der Waals surface area contributed by atoms with Crippen LogP contribution < -0.4 is 9.80 Å². The molecule has 0 spiro atoms. The molecular formula is C13H15FN2O3. The minimum atomic E-state index is -0.488. The quantitative estimate of drug-likeness (QED) is 0.815. The lowest BCUT2D eigenvalue weighted by atomic mass is 10.2. The van der Waals surface area contributed by atoms with Crippen LogP contribution >= 0.6 is 0 Å². The van der Waals surface area contributed by atoms with Crippen LogP contribution in [0, 0.1) is 5.82 Å². The molecule has 0 unspecified atom stereocenters. The average Bonchev–Trinajstić information content (AvgIpc) is 2.86. The summed E-state index contributed by atoms with van der Waals surface area (Å²) >= 11 is 0. The highest BCUT2D eigenvalue weighted by Gasteiger charge is 2.26. The van der Waals surface area contributed by atoms with Crippen LogP contribution in [0.2, 0.25) is 0 Å². The van der Waals surface area contributed by atoms with E-state index in [0.29, 0.717) is 26.4 Å². The fourth-order valence-electron chi connectivity index (χ4n) is 2.35. The molecule has 1 aromatic rings. The molecule has 2 saturated heterocycles. The number of rotatable bonds is 2. The second kappa shape index (κ2) is 5.05. The molecule has 0 atom stereocenters. The third-order valence-corrected chi connectivity index (χ3v) is 3.36. The number of cyclic esters (lactones) is 1. The van der Waals surface area contributed by atoms with E-state index in [0.717, 1.165) is 18.8 Å². The largest absolute Gasteiger partial charge is 0.447 e. The maximum absolute atomic E-state index is 14.1. The fourth-order valence-corrected chi connectivity index (χ4v) is 2.35. The van der Waals surface area contributed by atoms with E-state index in [1.807, 2.05) is 6.07 Å². The number of hydrogen-bond donors (Lipinski definition) is 0. The van der Waals surface area contributed by atoms with Crippen molar-refractivity contribution in [3.05, 3.63) is 24.0 Å². The zero-order valence-corrected chi connectivity index (χ0v) is 10.5. The fraction of sp³-hybridized carbons (Fsp3) is 0.462. The van der Waals surface area contributed by atoms with Gasteiger partial charge in [-0.15, -0.1) is 0 Å². The zero-order chi connectivity index (χ0) is 13.2. The van der Waals surface area contributed by atoms with E-state index in [1.54, 1.807) is 6.07 Å². The molecule has 2 heterocycles. The van der Waals surface area contributed by atoms with E-state index in [4.69, 9.17) is 9.47 Å². The van der Waals surface area contributed by atoms with E-state index in [1.165, 1.54) is 11.0 Å². The molecule has 6 heteroatoms. The number of carbonyl (C=O) groups excluding carboxylic acids is 1. The zero-order valence-electron chi connectivity index (χ0n) is 10.5. The first-order chi connectivity index (χ1) is 9.25. The maximum Gasteiger partial charge on any atom is 0.414 e. The molecule has 0 bridgehead atoms. The lowest BCUT2D eigenvalue weighted by Crippen LogP contribution is -2.36. The molecule has 0 N–H and O–H groups in total. The molecule has 3 rings (SSSR count). The average molecular weight is 266 g/mol. The summed E-state index contributed by atoms with van der Waals surface area (Å²) in [5, 5.41) is 0. The highest BCUT2D eigenvalue weighted by molar-refractivity contribution is 5.89.